The lowest BCUT2D eigenvalue weighted by Gasteiger charge is -2.08. The van der Waals surface area contributed by atoms with Gasteiger partial charge in [0.2, 0.25) is 5.91 Å². The average molecular weight is 234 g/mol. The molecule has 0 radical (unpaired) electrons. The summed E-state index contributed by atoms with van der Waals surface area (Å²) in [7, 11) is 1.60. The number of hydrogen-bond donors (Lipinski definition) is 3. The molecule has 1 amide bonds. The Kier molecular flexibility index (Phi) is 4.83. The molecule has 0 spiro atoms. The van der Waals surface area contributed by atoms with Crippen LogP contribution in [0.2, 0.25) is 0 Å². The Labute approximate surface area is 98.9 Å². The van der Waals surface area contributed by atoms with E-state index in [4.69, 9.17) is 5.73 Å². The summed E-state index contributed by atoms with van der Waals surface area (Å²) in [5.41, 5.74) is 6.81. The largest absolute Gasteiger partial charge is 0.346 e. The number of carbonyl (C=O) groups is 2. The van der Waals surface area contributed by atoms with Gasteiger partial charge in [0.15, 0.2) is 6.29 Å². The van der Waals surface area contributed by atoms with E-state index in [2.05, 4.69) is 15.6 Å². The molecule has 17 heavy (non-hydrogen) atoms. The van der Waals surface area contributed by atoms with E-state index >= 15 is 0 Å². The van der Waals surface area contributed by atoms with Crippen molar-refractivity contribution in [1.29, 1.82) is 0 Å². The Hall–Kier alpha value is -2.21. The fourth-order valence-corrected chi connectivity index (χ4v) is 1.21. The van der Waals surface area contributed by atoms with Crippen LogP contribution in [0.3, 0.4) is 0 Å². The van der Waals surface area contributed by atoms with Gasteiger partial charge < -0.3 is 16.4 Å². The van der Waals surface area contributed by atoms with Gasteiger partial charge in [0.05, 0.1) is 18.6 Å². The highest BCUT2D eigenvalue weighted by molar-refractivity contribution is 5.95. The van der Waals surface area contributed by atoms with E-state index in [0.717, 1.165) is 6.29 Å². The Morgan fingerprint density at radius 3 is 2.88 bits per heavy atom. The van der Waals surface area contributed by atoms with Crippen LogP contribution in [0.4, 0.5) is 11.4 Å². The number of amides is 1. The van der Waals surface area contributed by atoms with E-state index in [0.29, 0.717) is 16.9 Å². The van der Waals surface area contributed by atoms with E-state index in [9.17, 15) is 9.59 Å². The molecular formula is C11H14N4O2. The Morgan fingerprint density at radius 1 is 1.53 bits per heavy atom. The zero-order valence-electron chi connectivity index (χ0n) is 9.43. The van der Waals surface area contributed by atoms with Crippen LogP contribution in [-0.4, -0.2) is 32.1 Å². The molecule has 1 aromatic rings. The second kappa shape index (κ2) is 6.39. The Balaban J connectivity index is 2.95. The number of anilines is 2. The molecule has 0 aromatic heterocycles. The van der Waals surface area contributed by atoms with Crippen molar-refractivity contribution >= 4 is 29.9 Å². The van der Waals surface area contributed by atoms with E-state index in [1.165, 1.54) is 6.34 Å². The van der Waals surface area contributed by atoms with E-state index < -0.39 is 0 Å². The zero-order valence-corrected chi connectivity index (χ0v) is 9.43. The predicted molar refractivity (Wildman–Crippen MR) is 67.6 cm³/mol. The first-order chi connectivity index (χ1) is 8.21. The molecule has 6 nitrogen and oxygen atoms in total. The molecule has 0 saturated carbocycles. The van der Waals surface area contributed by atoms with Crippen LogP contribution in [-0.2, 0) is 4.79 Å². The summed E-state index contributed by atoms with van der Waals surface area (Å²) >= 11 is 0. The monoisotopic (exact) mass is 234 g/mol. The van der Waals surface area contributed by atoms with Gasteiger partial charge in [-0.3, -0.25) is 14.6 Å². The highest BCUT2D eigenvalue weighted by Gasteiger charge is 2.04. The number of nitrogens with two attached hydrogens (primary N) is 1. The number of aldehydes is 1. The molecule has 6 heteroatoms. The molecule has 0 aliphatic rings. The second-order valence-electron chi connectivity index (χ2n) is 3.20. The van der Waals surface area contributed by atoms with Gasteiger partial charge >= 0.3 is 0 Å². The summed E-state index contributed by atoms with van der Waals surface area (Å²) in [6, 6.07) is 4.87. The topological polar surface area (TPSA) is 96.6 Å². The lowest BCUT2D eigenvalue weighted by molar-refractivity contribution is -0.114. The number of benzene rings is 1. The van der Waals surface area contributed by atoms with Gasteiger partial charge in [-0.15, -0.1) is 0 Å². The predicted octanol–water partition coefficient (Wildman–Crippen LogP) is 0.466. The van der Waals surface area contributed by atoms with Crippen molar-refractivity contribution in [3.05, 3.63) is 23.8 Å². The number of rotatable bonds is 5. The van der Waals surface area contributed by atoms with Crippen LogP contribution in [0.25, 0.3) is 0 Å². The molecule has 0 heterocycles. The van der Waals surface area contributed by atoms with Crippen LogP contribution < -0.4 is 16.4 Å². The SMILES string of the molecule is CN=CNc1cc(NC(=O)CN)ccc1C=O. The third kappa shape index (κ3) is 3.69. The van der Waals surface area contributed by atoms with Crippen LogP contribution >= 0.6 is 0 Å². The lowest BCUT2D eigenvalue weighted by Crippen LogP contribution is -2.21. The molecule has 0 saturated heterocycles. The van der Waals surface area contributed by atoms with Gasteiger partial charge in [0.25, 0.3) is 0 Å². The number of aliphatic imine (C=N–C) groups is 1. The molecule has 0 atom stereocenters. The van der Waals surface area contributed by atoms with Gasteiger partial charge in [-0.2, -0.15) is 0 Å². The van der Waals surface area contributed by atoms with Crippen molar-refractivity contribution in [2.45, 2.75) is 0 Å². The van der Waals surface area contributed by atoms with Crippen molar-refractivity contribution < 1.29 is 9.59 Å². The van der Waals surface area contributed by atoms with Crippen molar-refractivity contribution in [2.24, 2.45) is 10.7 Å². The average Bonchev–Trinajstić information content (AvgIpc) is 2.36. The third-order valence-corrected chi connectivity index (χ3v) is 2.00. The van der Waals surface area contributed by atoms with Crippen molar-refractivity contribution in [3.63, 3.8) is 0 Å². The minimum absolute atomic E-state index is 0.0887. The van der Waals surface area contributed by atoms with Crippen molar-refractivity contribution in [2.75, 3.05) is 24.2 Å². The van der Waals surface area contributed by atoms with Crippen LogP contribution in [0.1, 0.15) is 10.4 Å². The quantitative estimate of drug-likeness (QED) is 0.392. The number of hydrogen-bond acceptors (Lipinski definition) is 4. The normalized spacial score (nSPS) is 10.2. The molecule has 1 aromatic carbocycles. The Morgan fingerprint density at radius 2 is 2.29 bits per heavy atom. The molecule has 0 bridgehead atoms. The van der Waals surface area contributed by atoms with Gasteiger partial charge in [-0.25, -0.2) is 0 Å². The summed E-state index contributed by atoms with van der Waals surface area (Å²) in [6.07, 6.45) is 2.18. The Bertz CT molecular complexity index is 443. The van der Waals surface area contributed by atoms with Gasteiger partial charge in [-0.05, 0) is 18.2 Å². The van der Waals surface area contributed by atoms with Crippen LogP contribution in [0, 0.1) is 0 Å². The maximum atomic E-state index is 11.1. The van der Waals surface area contributed by atoms with Gasteiger partial charge in [0.1, 0.15) is 0 Å². The lowest BCUT2D eigenvalue weighted by atomic mass is 10.1. The van der Waals surface area contributed by atoms with Crippen LogP contribution in [0.5, 0.6) is 0 Å². The number of nitrogens with zero attached hydrogens (tertiary/aromatic N) is 1. The molecule has 1 rings (SSSR count). The number of carbonyl (C=O) groups excluding carboxylic acids is 2. The van der Waals surface area contributed by atoms with Gasteiger partial charge in [-0.1, -0.05) is 0 Å². The van der Waals surface area contributed by atoms with E-state index in [1.807, 2.05) is 0 Å². The minimum Gasteiger partial charge on any atom is -0.346 e. The molecular weight excluding hydrogens is 220 g/mol. The first-order valence-electron chi connectivity index (χ1n) is 4.97. The maximum absolute atomic E-state index is 11.1. The summed E-state index contributed by atoms with van der Waals surface area (Å²) in [5.74, 6) is -0.293. The summed E-state index contributed by atoms with van der Waals surface area (Å²) in [6.45, 7) is -0.0887. The highest BCUT2D eigenvalue weighted by atomic mass is 16.1. The summed E-state index contributed by atoms with van der Waals surface area (Å²) in [5, 5.41) is 5.44. The van der Waals surface area contributed by atoms with E-state index in [1.54, 1.807) is 25.2 Å². The molecule has 0 aliphatic carbocycles. The van der Waals surface area contributed by atoms with Gasteiger partial charge in [0, 0.05) is 18.3 Å². The molecule has 90 valence electrons. The first kappa shape index (κ1) is 12.9. The molecule has 0 aliphatic heterocycles. The van der Waals surface area contributed by atoms with Crippen molar-refractivity contribution in [3.8, 4) is 0 Å². The fraction of sp³-hybridized carbons (Fsp3) is 0.182. The summed E-state index contributed by atoms with van der Waals surface area (Å²) in [4.78, 5) is 25.7. The molecule has 0 unspecified atom stereocenters. The zero-order chi connectivity index (χ0) is 12.7. The van der Waals surface area contributed by atoms with Crippen LogP contribution in [0.15, 0.2) is 23.2 Å². The minimum atomic E-state index is -0.293. The smallest absolute Gasteiger partial charge is 0.238 e. The molecule has 4 N–H and O–H groups in total. The first-order valence-corrected chi connectivity index (χ1v) is 4.97. The van der Waals surface area contributed by atoms with E-state index in [-0.39, 0.29) is 12.5 Å². The van der Waals surface area contributed by atoms with Crippen molar-refractivity contribution in [1.82, 2.24) is 0 Å². The third-order valence-electron chi connectivity index (χ3n) is 2.00. The number of nitrogens with one attached hydrogen (secondary N) is 2. The fourth-order valence-electron chi connectivity index (χ4n) is 1.21. The maximum Gasteiger partial charge on any atom is 0.238 e. The molecule has 0 fully saturated rings. The highest BCUT2D eigenvalue weighted by Crippen LogP contribution is 2.19. The summed E-state index contributed by atoms with van der Waals surface area (Å²) < 4.78 is 0. The second-order valence-corrected chi connectivity index (χ2v) is 3.20. The standard InChI is InChI=1S/C11H14N4O2/c1-13-7-14-10-4-9(15-11(17)5-12)3-2-8(10)6-16/h2-4,6-7H,5,12H2,1H3,(H,13,14)(H,15,17).